The minimum atomic E-state index is 0.696. The number of anilines is 1. The molecule has 0 amide bonds. The molecule has 0 N–H and O–H groups in total. The van der Waals surface area contributed by atoms with Gasteiger partial charge >= 0.3 is 0 Å². The van der Waals surface area contributed by atoms with Crippen LogP contribution in [0, 0.1) is 26.7 Å². The van der Waals surface area contributed by atoms with Gasteiger partial charge in [0.05, 0.1) is 10.2 Å². The van der Waals surface area contributed by atoms with E-state index in [2.05, 4.69) is 53.6 Å². The van der Waals surface area contributed by atoms with Gasteiger partial charge in [-0.3, -0.25) is 0 Å². The van der Waals surface area contributed by atoms with E-state index in [0.29, 0.717) is 5.92 Å². The normalized spacial score (nSPS) is 15.5. The Morgan fingerprint density at radius 2 is 1.95 bits per heavy atom. The number of hydrogen-bond acceptors (Lipinski definition) is 4. The lowest BCUT2D eigenvalue weighted by Crippen LogP contribution is -2.48. The third kappa shape index (κ3) is 2.20. The van der Waals surface area contributed by atoms with E-state index >= 15 is 0 Å². The first-order valence-electron chi connectivity index (χ1n) is 7.71. The van der Waals surface area contributed by atoms with E-state index in [4.69, 9.17) is 4.98 Å². The number of thiazole rings is 1. The summed E-state index contributed by atoms with van der Waals surface area (Å²) in [6.07, 6.45) is 3.95. The summed E-state index contributed by atoms with van der Waals surface area (Å²) < 4.78 is 3.58. The van der Waals surface area contributed by atoms with Gasteiger partial charge in [-0.1, -0.05) is 23.5 Å². The molecule has 3 heterocycles. The van der Waals surface area contributed by atoms with Crippen molar-refractivity contribution in [3.8, 4) is 0 Å². The van der Waals surface area contributed by atoms with Crippen molar-refractivity contribution in [2.75, 3.05) is 18.0 Å². The van der Waals surface area contributed by atoms with Crippen LogP contribution in [0.5, 0.6) is 0 Å². The predicted octanol–water partition coefficient (Wildman–Crippen LogP) is 3.55. The van der Waals surface area contributed by atoms with E-state index in [1.165, 1.54) is 26.5 Å². The molecular formula is C17H20N4S. The van der Waals surface area contributed by atoms with Crippen LogP contribution in [0.3, 0.4) is 0 Å². The highest BCUT2D eigenvalue weighted by Gasteiger charge is 2.29. The largest absolute Gasteiger partial charge is 0.347 e. The summed E-state index contributed by atoms with van der Waals surface area (Å²) in [5.41, 5.74) is 3.78. The number of benzene rings is 1. The fourth-order valence-electron chi connectivity index (χ4n) is 3.10. The van der Waals surface area contributed by atoms with Crippen molar-refractivity contribution in [2.24, 2.45) is 5.92 Å². The lowest BCUT2D eigenvalue weighted by Gasteiger charge is -2.39. The van der Waals surface area contributed by atoms with E-state index in [-0.39, 0.29) is 0 Å². The minimum absolute atomic E-state index is 0.696. The van der Waals surface area contributed by atoms with Crippen molar-refractivity contribution in [2.45, 2.75) is 27.3 Å². The summed E-state index contributed by atoms with van der Waals surface area (Å²) in [5, 5.41) is 1.17. The second kappa shape index (κ2) is 5.09. The Morgan fingerprint density at radius 3 is 2.64 bits per heavy atom. The van der Waals surface area contributed by atoms with Crippen LogP contribution >= 0.6 is 11.3 Å². The van der Waals surface area contributed by atoms with Crippen molar-refractivity contribution in [1.82, 2.24) is 14.5 Å². The maximum atomic E-state index is 4.87. The van der Waals surface area contributed by atoms with Gasteiger partial charge in [-0.15, -0.1) is 0 Å². The second-order valence-electron chi connectivity index (χ2n) is 6.27. The Bertz CT molecular complexity index is 787. The van der Waals surface area contributed by atoms with Crippen LogP contribution in [0.15, 0.2) is 24.5 Å². The number of imidazole rings is 1. The van der Waals surface area contributed by atoms with Crippen LogP contribution in [-0.2, 0) is 6.54 Å². The van der Waals surface area contributed by atoms with Crippen LogP contribution in [0.1, 0.15) is 17.0 Å². The van der Waals surface area contributed by atoms with Gasteiger partial charge < -0.3 is 9.47 Å². The maximum absolute atomic E-state index is 4.87. The SMILES string of the molecule is Cc1ccc(C)c2sc(N3CC(Cn4ccnc4C)C3)nc12. The van der Waals surface area contributed by atoms with Gasteiger partial charge in [0.15, 0.2) is 5.13 Å². The summed E-state index contributed by atoms with van der Waals surface area (Å²) in [6.45, 7) is 9.63. The molecule has 0 unspecified atom stereocenters. The van der Waals surface area contributed by atoms with Gasteiger partial charge in [0.25, 0.3) is 0 Å². The number of rotatable bonds is 3. The van der Waals surface area contributed by atoms with Gasteiger partial charge in [-0.25, -0.2) is 9.97 Å². The Kier molecular flexibility index (Phi) is 3.18. The van der Waals surface area contributed by atoms with E-state index in [1.807, 2.05) is 17.5 Å². The molecule has 1 aliphatic heterocycles. The van der Waals surface area contributed by atoms with E-state index in [0.717, 1.165) is 25.5 Å². The molecule has 1 saturated heterocycles. The average molecular weight is 312 g/mol. The second-order valence-corrected chi connectivity index (χ2v) is 7.25. The summed E-state index contributed by atoms with van der Waals surface area (Å²) in [6, 6.07) is 4.36. The molecule has 0 atom stereocenters. The lowest BCUT2D eigenvalue weighted by molar-refractivity contribution is 0.354. The monoisotopic (exact) mass is 312 g/mol. The number of aromatic nitrogens is 3. The maximum Gasteiger partial charge on any atom is 0.186 e. The molecule has 0 bridgehead atoms. The van der Waals surface area contributed by atoms with E-state index in [9.17, 15) is 0 Å². The Hall–Kier alpha value is -1.88. The van der Waals surface area contributed by atoms with E-state index in [1.54, 1.807) is 0 Å². The molecule has 1 fully saturated rings. The molecule has 4 nitrogen and oxygen atoms in total. The zero-order valence-electron chi connectivity index (χ0n) is 13.2. The zero-order valence-corrected chi connectivity index (χ0v) is 14.0. The van der Waals surface area contributed by atoms with Gasteiger partial charge in [-0.2, -0.15) is 0 Å². The number of aryl methyl sites for hydroxylation is 3. The fraction of sp³-hybridized carbons (Fsp3) is 0.412. The smallest absolute Gasteiger partial charge is 0.186 e. The molecule has 4 rings (SSSR count). The highest BCUT2D eigenvalue weighted by atomic mass is 32.1. The summed E-state index contributed by atoms with van der Waals surface area (Å²) in [7, 11) is 0. The zero-order chi connectivity index (χ0) is 15.3. The van der Waals surface area contributed by atoms with Crippen molar-refractivity contribution >= 4 is 26.7 Å². The summed E-state index contributed by atoms with van der Waals surface area (Å²) in [5.74, 6) is 1.80. The molecule has 3 aromatic rings. The molecule has 1 aromatic carbocycles. The quantitative estimate of drug-likeness (QED) is 0.741. The molecule has 1 aliphatic rings. The molecule has 114 valence electrons. The van der Waals surface area contributed by atoms with E-state index < -0.39 is 0 Å². The highest BCUT2D eigenvalue weighted by Crippen LogP contribution is 2.36. The number of fused-ring (bicyclic) bond motifs is 1. The first-order valence-corrected chi connectivity index (χ1v) is 8.53. The highest BCUT2D eigenvalue weighted by molar-refractivity contribution is 7.22. The van der Waals surface area contributed by atoms with Crippen LogP contribution in [-0.4, -0.2) is 27.6 Å². The summed E-state index contributed by atoms with van der Waals surface area (Å²) in [4.78, 5) is 11.6. The molecule has 22 heavy (non-hydrogen) atoms. The van der Waals surface area contributed by atoms with Crippen molar-refractivity contribution in [3.63, 3.8) is 0 Å². The van der Waals surface area contributed by atoms with Crippen LogP contribution in [0.4, 0.5) is 5.13 Å². The first-order chi connectivity index (χ1) is 10.6. The van der Waals surface area contributed by atoms with Crippen molar-refractivity contribution in [1.29, 1.82) is 0 Å². The first kappa shape index (κ1) is 13.8. The molecular weight excluding hydrogens is 292 g/mol. The Balaban J connectivity index is 1.50. The molecule has 0 spiro atoms. The van der Waals surface area contributed by atoms with Crippen LogP contribution in [0.2, 0.25) is 0 Å². The van der Waals surface area contributed by atoms with Crippen LogP contribution < -0.4 is 4.90 Å². The molecule has 0 radical (unpaired) electrons. The van der Waals surface area contributed by atoms with Crippen molar-refractivity contribution in [3.05, 3.63) is 41.5 Å². The summed E-state index contributed by atoms with van der Waals surface area (Å²) >= 11 is 1.83. The van der Waals surface area contributed by atoms with Crippen LogP contribution in [0.25, 0.3) is 10.2 Å². The number of hydrogen-bond donors (Lipinski definition) is 0. The Labute approximate surface area is 134 Å². The van der Waals surface area contributed by atoms with Gasteiger partial charge in [0.2, 0.25) is 0 Å². The standard InChI is InChI=1S/C17H20N4S/c1-11-4-5-12(2)16-15(11)19-17(22-16)21-9-14(10-21)8-20-7-6-18-13(20)3/h4-7,14H,8-10H2,1-3H3. The minimum Gasteiger partial charge on any atom is -0.347 e. The molecule has 0 aliphatic carbocycles. The molecule has 0 saturated carbocycles. The molecule has 2 aromatic heterocycles. The van der Waals surface area contributed by atoms with Gasteiger partial charge in [0.1, 0.15) is 5.82 Å². The van der Waals surface area contributed by atoms with Gasteiger partial charge in [0, 0.05) is 37.9 Å². The molecule has 5 heteroatoms. The topological polar surface area (TPSA) is 34.0 Å². The predicted molar refractivity (Wildman–Crippen MR) is 91.8 cm³/mol. The Morgan fingerprint density at radius 1 is 1.18 bits per heavy atom. The lowest BCUT2D eigenvalue weighted by atomic mass is 10.0. The third-order valence-electron chi connectivity index (χ3n) is 4.54. The average Bonchev–Trinajstić information content (AvgIpc) is 3.05. The van der Waals surface area contributed by atoms with Gasteiger partial charge in [-0.05, 0) is 31.9 Å². The van der Waals surface area contributed by atoms with Crippen molar-refractivity contribution < 1.29 is 0 Å². The fourth-order valence-corrected chi connectivity index (χ4v) is 4.23. The number of nitrogens with zero attached hydrogens (tertiary/aromatic N) is 4. The third-order valence-corrected chi connectivity index (χ3v) is 5.79.